The highest BCUT2D eigenvalue weighted by atomic mass is 79.9. The molecule has 0 spiro atoms. The molecule has 6 heteroatoms. The van der Waals surface area contributed by atoms with Crippen molar-refractivity contribution < 1.29 is 9.53 Å². The Balaban J connectivity index is 2.08. The number of rotatable bonds is 6. The maximum Gasteiger partial charge on any atom is 0.243 e. The Labute approximate surface area is 155 Å². The third-order valence-corrected chi connectivity index (χ3v) is 4.42. The summed E-state index contributed by atoms with van der Waals surface area (Å²) in [5, 5.41) is 6.56. The average Bonchev–Trinajstić information content (AvgIpc) is 2.52. The van der Waals surface area contributed by atoms with Gasteiger partial charge in [-0.1, -0.05) is 23.7 Å². The third-order valence-electron chi connectivity index (χ3n) is 3.62. The van der Waals surface area contributed by atoms with Gasteiger partial charge in [0.1, 0.15) is 0 Å². The van der Waals surface area contributed by atoms with Crippen LogP contribution < -0.4 is 15.4 Å². The second kappa shape index (κ2) is 8.40. The summed E-state index contributed by atoms with van der Waals surface area (Å²) in [4.78, 5) is 12.2. The molecule has 0 aliphatic carbocycles. The van der Waals surface area contributed by atoms with Gasteiger partial charge >= 0.3 is 0 Å². The lowest BCUT2D eigenvalue weighted by Gasteiger charge is -2.15. The minimum atomic E-state index is -0.137. The van der Waals surface area contributed by atoms with Gasteiger partial charge in [0.25, 0.3) is 0 Å². The van der Waals surface area contributed by atoms with E-state index < -0.39 is 0 Å². The van der Waals surface area contributed by atoms with E-state index >= 15 is 0 Å². The Kier molecular flexibility index (Phi) is 6.52. The lowest BCUT2D eigenvalue weighted by molar-refractivity contribution is -0.114. The van der Waals surface area contributed by atoms with Gasteiger partial charge in [-0.3, -0.25) is 4.79 Å². The first-order valence-corrected chi connectivity index (χ1v) is 8.81. The van der Waals surface area contributed by atoms with Crippen LogP contribution in [0.3, 0.4) is 0 Å². The highest BCUT2D eigenvalue weighted by molar-refractivity contribution is 9.10. The summed E-state index contributed by atoms with van der Waals surface area (Å²) in [6, 6.07) is 9.33. The SMILES string of the molecule is CCOc1c(Br)cc(Cl)cc1NCC(=O)Nc1cccc(C)c1C. The standard InChI is InChI=1S/C18H20BrClN2O2/c1-4-24-18-14(19)8-13(20)9-16(18)21-10-17(23)22-15-7-5-6-11(2)12(15)3/h5-9,21H,4,10H2,1-3H3,(H,22,23). The van der Waals surface area contributed by atoms with Gasteiger partial charge < -0.3 is 15.4 Å². The highest BCUT2D eigenvalue weighted by Gasteiger charge is 2.12. The van der Waals surface area contributed by atoms with E-state index in [1.807, 2.05) is 39.0 Å². The van der Waals surface area contributed by atoms with Crippen molar-refractivity contribution in [1.82, 2.24) is 0 Å². The second-order valence-electron chi connectivity index (χ2n) is 5.35. The van der Waals surface area contributed by atoms with Crippen molar-refractivity contribution in [3.63, 3.8) is 0 Å². The molecule has 4 nitrogen and oxygen atoms in total. The quantitative estimate of drug-likeness (QED) is 0.689. The average molecular weight is 412 g/mol. The summed E-state index contributed by atoms with van der Waals surface area (Å²) in [6.07, 6.45) is 0. The van der Waals surface area contributed by atoms with Crippen LogP contribution >= 0.6 is 27.5 Å². The Morgan fingerprint density at radius 2 is 2.00 bits per heavy atom. The fourth-order valence-electron chi connectivity index (χ4n) is 2.24. The summed E-state index contributed by atoms with van der Waals surface area (Å²) in [5.41, 5.74) is 3.69. The summed E-state index contributed by atoms with van der Waals surface area (Å²) in [6.45, 7) is 6.53. The molecule has 0 aromatic heterocycles. The molecule has 0 atom stereocenters. The number of amides is 1. The van der Waals surface area contributed by atoms with Crippen LogP contribution in [-0.4, -0.2) is 19.1 Å². The Morgan fingerprint density at radius 1 is 1.25 bits per heavy atom. The normalized spacial score (nSPS) is 10.4. The molecule has 0 saturated heterocycles. The zero-order valence-electron chi connectivity index (χ0n) is 13.9. The number of nitrogens with one attached hydrogen (secondary N) is 2. The second-order valence-corrected chi connectivity index (χ2v) is 6.64. The van der Waals surface area contributed by atoms with Crippen LogP contribution in [0.1, 0.15) is 18.1 Å². The van der Waals surface area contributed by atoms with Crippen molar-refractivity contribution in [2.45, 2.75) is 20.8 Å². The zero-order valence-corrected chi connectivity index (χ0v) is 16.2. The zero-order chi connectivity index (χ0) is 17.7. The first-order valence-electron chi connectivity index (χ1n) is 7.64. The minimum Gasteiger partial charge on any atom is -0.491 e. The first-order chi connectivity index (χ1) is 11.4. The molecule has 128 valence electrons. The largest absolute Gasteiger partial charge is 0.491 e. The molecular weight excluding hydrogens is 392 g/mol. The van der Waals surface area contributed by atoms with Crippen LogP contribution in [0, 0.1) is 13.8 Å². The van der Waals surface area contributed by atoms with Gasteiger partial charge in [-0.15, -0.1) is 0 Å². The Bertz CT molecular complexity index is 750. The fraction of sp³-hybridized carbons (Fsp3) is 0.278. The van der Waals surface area contributed by atoms with E-state index in [2.05, 4.69) is 26.6 Å². The van der Waals surface area contributed by atoms with E-state index in [1.165, 1.54) is 0 Å². The maximum atomic E-state index is 12.2. The van der Waals surface area contributed by atoms with Crippen LogP contribution in [-0.2, 0) is 4.79 Å². The molecular formula is C18H20BrClN2O2. The van der Waals surface area contributed by atoms with Crippen molar-refractivity contribution in [1.29, 1.82) is 0 Å². The van der Waals surface area contributed by atoms with E-state index in [-0.39, 0.29) is 12.5 Å². The number of hydrogen-bond acceptors (Lipinski definition) is 3. The van der Waals surface area contributed by atoms with Crippen molar-refractivity contribution in [2.75, 3.05) is 23.8 Å². The molecule has 1 amide bonds. The summed E-state index contributed by atoms with van der Waals surface area (Å²) < 4.78 is 6.35. The van der Waals surface area contributed by atoms with Gasteiger partial charge in [0.15, 0.2) is 5.75 Å². The van der Waals surface area contributed by atoms with E-state index in [0.717, 1.165) is 21.3 Å². The topological polar surface area (TPSA) is 50.4 Å². The number of carbonyl (C=O) groups excluding carboxylic acids is 1. The maximum absolute atomic E-state index is 12.2. The van der Waals surface area contributed by atoms with Crippen LogP contribution in [0.5, 0.6) is 5.75 Å². The number of halogens is 2. The summed E-state index contributed by atoms with van der Waals surface area (Å²) in [5.74, 6) is 0.503. The number of anilines is 2. The molecule has 2 aromatic carbocycles. The lowest BCUT2D eigenvalue weighted by Crippen LogP contribution is -2.22. The first kappa shape index (κ1) is 18.6. The molecule has 2 aromatic rings. The Morgan fingerprint density at radius 3 is 2.71 bits per heavy atom. The van der Waals surface area contributed by atoms with E-state index in [1.54, 1.807) is 12.1 Å². The molecule has 2 rings (SSSR count). The van der Waals surface area contributed by atoms with Crippen LogP contribution in [0.15, 0.2) is 34.8 Å². The molecule has 24 heavy (non-hydrogen) atoms. The predicted octanol–water partition coefficient (Wildman–Crippen LogP) is 5.17. The van der Waals surface area contributed by atoms with E-state index in [0.29, 0.717) is 23.1 Å². The molecule has 0 radical (unpaired) electrons. The number of ether oxygens (including phenoxy) is 1. The highest BCUT2D eigenvalue weighted by Crippen LogP contribution is 2.36. The molecule has 0 aliphatic heterocycles. The molecule has 0 aliphatic rings. The summed E-state index contributed by atoms with van der Waals surface area (Å²) in [7, 11) is 0. The fourth-order valence-corrected chi connectivity index (χ4v) is 3.16. The van der Waals surface area contributed by atoms with Crippen molar-refractivity contribution in [3.05, 3.63) is 51.0 Å². The number of aryl methyl sites for hydroxylation is 1. The third kappa shape index (κ3) is 4.65. The van der Waals surface area contributed by atoms with Gasteiger partial charge in [0, 0.05) is 10.7 Å². The monoisotopic (exact) mass is 410 g/mol. The van der Waals surface area contributed by atoms with E-state index in [9.17, 15) is 4.79 Å². The van der Waals surface area contributed by atoms with Gasteiger partial charge in [-0.25, -0.2) is 0 Å². The molecule has 0 bridgehead atoms. The molecule has 0 saturated carbocycles. The predicted molar refractivity (Wildman–Crippen MR) is 103 cm³/mol. The van der Waals surface area contributed by atoms with E-state index in [4.69, 9.17) is 16.3 Å². The van der Waals surface area contributed by atoms with Crippen molar-refractivity contribution in [2.24, 2.45) is 0 Å². The van der Waals surface area contributed by atoms with Gasteiger partial charge in [-0.05, 0) is 66.0 Å². The van der Waals surface area contributed by atoms with Crippen molar-refractivity contribution in [3.8, 4) is 5.75 Å². The molecule has 0 fully saturated rings. The van der Waals surface area contributed by atoms with Gasteiger partial charge in [0.2, 0.25) is 5.91 Å². The molecule has 0 heterocycles. The Hall–Kier alpha value is -1.72. The van der Waals surface area contributed by atoms with Gasteiger partial charge in [-0.2, -0.15) is 0 Å². The number of benzene rings is 2. The minimum absolute atomic E-state index is 0.111. The van der Waals surface area contributed by atoms with Crippen LogP contribution in [0.4, 0.5) is 11.4 Å². The number of hydrogen-bond donors (Lipinski definition) is 2. The van der Waals surface area contributed by atoms with Crippen LogP contribution in [0.25, 0.3) is 0 Å². The molecule has 0 unspecified atom stereocenters. The van der Waals surface area contributed by atoms with Gasteiger partial charge in [0.05, 0.1) is 23.3 Å². The lowest BCUT2D eigenvalue weighted by atomic mass is 10.1. The number of carbonyl (C=O) groups is 1. The molecule has 2 N–H and O–H groups in total. The summed E-state index contributed by atoms with van der Waals surface area (Å²) >= 11 is 9.51. The van der Waals surface area contributed by atoms with Crippen molar-refractivity contribution >= 4 is 44.8 Å². The van der Waals surface area contributed by atoms with Crippen LogP contribution in [0.2, 0.25) is 5.02 Å². The smallest absolute Gasteiger partial charge is 0.243 e.